The minimum Gasteiger partial charge on any atom is -0.446 e. The molecule has 0 saturated carbocycles. The van der Waals surface area contributed by atoms with Crippen LogP contribution in [0.2, 0.25) is 0 Å². The smallest absolute Gasteiger partial charge is 0.425 e. The summed E-state index contributed by atoms with van der Waals surface area (Å²) in [5, 5.41) is 3.74. The predicted octanol–water partition coefficient (Wildman–Crippen LogP) is 2.44. The van der Waals surface area contributed by atoms with E-state index >= 15 is 0 Å². The van der Waals surface area contributed by atoms with Crippen molar-refractivity contribution < 1.29 is 9.53 Å². The number of nitrogens with zero attached hydrogens (tertiary/aromatic N) is 2. The second-order valence-electron chi connectivity index (χ2n) is 3.99. The second kappa shape index (κ2) is 5.19. The van der Waals surface area contributed by atoms with Gasteiger partial charge < -0.3 is 4.74 Å². The van der Waals surface area contributed by atoms with Gasteiger partial charge in [0.1, 0.15) is 12.6 Å². The van der Waals surface area contributed by atoms with Crippen molar-refractivity contribution in [3.63, 3.8) is 0 Å². The number of hydrogen-bond acceptors (Lipinski definition) is 3. The molecule has 1 aliphatic heterocycles. The highest BCUT2D eigenvalue weighted by atomic mass is 16.6. The van der Waals surface area contributed by atoms with Gasteiger partial charge in [-0.2, -0.15) is 0 Å². The standard InChI is InChI=1S/C13H18N2O2/c1-3-14(4-2)15-12(10-17-13(15)16)11-8-6-5-7-9-11/h5-9,12H,3-4,10H2,1-2H3. The van der Waals surface area contributed by atoms with Crippen LogP contribution in [0.25, 0.3) is 0 Å². The molecule has 1 unspecified atom stereocenters. The SMILES string of the molecule is CCN(CC)N1C(=O)OCC1c1ccccc1. The predicted molar refractivity (Wildman–Crippen MR) is 65.3 cm³/mol. The third-order valence-corrected chi connectivity index (χ3v) is 3.07. The van der Waals surface area contributed by atoms with E-state index in [-0.39, 0.29) is 12.1 Å². The van der Waals surface area contributed by atoms with E-state index in [1.54, 1.807) is 5.01 Å². The zero-order chi connectivity index (χ0) is 12.3. The van der Waals surface area contributed by atoms with Gasteiger partial charge in [-0.25, -0.2) is 14.8 Å². The zero-order valence-corrected chi connectivity index (χ0v) is 10.3. The Morgan fingerprint density at radius 1 is 1.29 bits per heavy atom. The lowest BCUT2D eigenvalue weighted by atomic mass is 10.1. The molecule has 1 saturated heterocycles. The average molecular weight is 234 g/mol. The molecule has 1 aromatic carbocycles. The molecule has 0 aliphatic carbocycles. The summed E-state index contributed by atoms with van der Waals surface area (Å²) >= 11 is 0. The second-order valence-corrected chi connectivity index (χ2v) is 3.99. The molecule has 1 atom stereocenters. The van der Waals surface area contributed by atoms with Crippen LogP contribution in [0, 0.1) is 0 Å². The number of ether oxygens (including phenoxy) is 1. The number of hydrogen-bond donors (Lipinski definition) is 0. The summed E-state index contributed by atoms with van der Waals surface area (Å²) < 4.78 is 5.16. The normalized spacial score (nSPS) is 19.8. The van der Waals surface area contributed by atoms with Crippen LogP contribution in [0.5, 0.6) is 0 Å². The summed E-state index contributed by atoms with van der Waals surface area (Å²) in [7, 11) is 0. The minimum atomic E-state index is -0.248. The molecule has 4 nitrogen and oxygen atoms in total. The van der Waals surface area contributed by atoms with Crippen LogP contribution >= 0.6 is 0 Å². The molecule has 1 aromatic rings. The number of rotatable bonds is 4. The molecule has 1 fully saturated rings. The maximum Gasteiger partial charge on any atom is 0.425 e. The zero-order valence-electron chi connectivity index (χ0n) is 10.3. The lowest BCUT2D eigenvalue weighted by Gasteiger charge is -2.32. The molecule has 17 heavy (non-hydrogen) atoms. The fourth-order valence-electron chi connectivity index (χ4n) is 2.17. The lowest BCUT2D eigenvalue weighted by molar-refractivity contribution is 0.00609. The van der Waals surface area contributed by atoms with Gasteiger partial charge in [-0.1, -0.05) is 44.2 Å². The van der Waals surface area contributed by atoms with Crippen molar-refractivity contribution in [3.8, 4) is 0 Å². The third kappa shape index (κ3) is 2.26. The Balaban J connectivity index is 2.25. The summed E-state index contributed by atoms with van der Waals surface area (Å²) in [4.78, 5) is 11.8. The monoisotopic (exact) mass is 234 g/mol. The number of benzene rings is 1. The summed E-state index contributed by atoms with van der Waals surface area (Å²) in [6.45, 7) is 6.11. The van der Waals surface area contributed by atoms with Crippen LogP contribution in [0.4, 0.5) is 4.79 Å². The van der Waals surface area contributed by atoms with Crippen LogP contribution in [-0.2, 0) is 4.74 Å². The van der Waals surface area contributed by atoms with Crippen molar-refractivity contribution in [2.24, 2.45) is 0 Å². The highest BCUT2D eigenvalue weighted by Gasteiger charge is 2.37. The van der Waals surface area contributed by atoms with Gasteiger partial charge in [0.2, 0.25) is 0 Å². The summed E-state index contributed by atoms with van der Waals surface area (Å²) in [5.74, 6) is 0. The van der Waals surface area contributed by atoms with Gasteiger partial charge in [0.05, 0.1) is 0 Å². The van der Waals surface area contributed by atoms with Crippen molar-refractivity contribution in [1.82, 2.24) is 10.0 Å². The molecular formula is C13H18N2O2. The van der Waals surface area contributed by atoms with Crippen LogP contribution in [0.3, 0.4) is 0 Å². The van der Waals surface area contributed by atoms with Crippen LogP contribution in [-0.4, -0.2) is 35.8 Å². The fourth-order valence-corrected chi connectivity index (χ4v) is 2.17. The molecule has 0 bridgehead atoms. The summed E-state index contributed by atoms with van der Waals surface area (Å²) in [6, 6.07) is 10.0. The highest BCUT2D eigenvalue weighted by molar-refractivity contribution is 5.70. The lowest BCUT2D eigenvalue weighted by Crippen LogP contribution is -2.44. The molecule has 0 aromatic heterocycles. The van der Waals surface area contributed by atoms with Crippen LogP contribution in [0.15, 0.2) is 30.3 Å². The van der Waals surface area contributed by atoms with Gasteiger partial charge in [0.15, 0.2) is 0 Å². The first-order chi connectivity index (χ1) is 8.27. The molecule has 1 aliphatic rings. The van der Waals surface area contributed by atoms with Gasteiger partial charge in [-0.3, -0.25) is 0 Å². The Kier molecular flexibility index (Phi) is 3.64. The van der Waals surface area contributed by atoms with Crippen molar-refractivity contribution in [1.29, 1.82) is 0 Å². The molecule has 2 rings (SSSR count). The van der Waals surface area contributed by atoms with Crippen LogP contribution < -0.4 is 0 Å². The fraction of sp³-hybridized carbons (Fsp3) is 0.462. The maximum atomic E-state index is 11.8. The molecular weight excluding hydrogens is 216 g/mol. The Morgan fingerprint density at radius 2 is 1.94 bits per heavy atom. The third-order valence-electron chi connectivity index (χ3n) is 3.07. The first-order valence-electron chi connectivity index (χ1n) is 6.03. The Hall–Kier alpha value is -1.55. The quantitative estimate of drug-likeness (QED) is 0.802. The van der Waals surface area contributed by atoms with Crippen molar-refractivity contribution in [3.05, 3.63) is 35.9 Å². The van der Waals surface area contributed by atoms with Crippen LogP contribution in [0.1, 0.15) is 25.5 Å². The van der Waals surface area contributed by atoms with Gasteiger partial charge in [0, 0.05) is 13.1 Å². The number of carbonyl (C=O) groups is 1. The molecule has 0 radical (unpaired) electrons. The van der Waals surface area contributed by atoms with E-state index in [1.165, 1.54) is 0 Å². The summed E-state index contributed by atoms with van der Waals surface area (Å²) in [6.07, 6.45) is -0.248. The number of hydrazine groups is 1. The van der Waals surface area contributed by atoms with E-state index in [0.717, 1.165) is 18.7 Å². The van der Waals surface area contributed by atoms with Gasteiger partial charge in [-0.05, 0) is 5.56 Å². The van der Waals surface area contributed by atoms with Gasteiger partial charge >= 0.3 is 6.09 Å². The van der Waals surface area contributed by atoms with Gasteiger partial charge in [-0.15, -0.1) is 0 Å². The Bertz CT molecular complexity index is 376. The van der Waals surface area contributed by atoms with Crippen molar-refractivity contribution in [2.75, 3.05) is 19.7 Å². The summed E-state index contributed by atoms with van der Waals surface area (Å²) in [5.41, 5.74) is 1.12. The van der Waals surface area contributed by atoms with E-state index in [4.69, 9.17) is 4.74 Å². The number of carbonyl (C=O) groups excluding carboxylic acids is 1. The minimum absolute atomic E-state index is 0.00333. The van der Waals surface area contributed by atoms with Crippen molar-refractivity contribution in [2.45, 2.75) is 19.9 Å². The topological polar surface area (TPSA) is 32.8 Å². The molecule has 0 N–H and O–H groups in total. The van der Waals surface area contributed by atoms with E-state index in [9.17, 15) is 4.79 Å². The Morgan fingerprint density at radius 3 is 2.53 bits per heavy atom. The average Bonchev–Trinajstić information content (AvgIpc) is 2.75. The van der Waals surface area contributed by atoms with E-state index < -0.39 is 0 Å². The largest absolute Gasteiger partial charge is 0.446 e. The number of cyclic esters (lactones) is 1. The molecule has 1 heterocycles. The van der Waals surface area contributed by atoms with Crippen molar-refractivity contribution >= 4 is 6.09 Å². The first-order valence-corrected chi connectivity index (χ1v) is 6.03. The maximum absolute atomic E-state index is 11.8. The Labute approximate surface area is 102 Å². The number of amides is 1. The molecule has 92 valence electrons. The van der Waals surface area contributed by atoms with E-state index in [1.807, 2.05) is 49.2 Å². The molecule has 0 spiro atoms. The molecule has 1 amide bonds. The highest BCUT2D eigenvalue weighted by Crippen LogP contribution is 2.28. The van der Waals surface area contributed by atoms with E-state index in [0.29, 0.717) is 6.61 Å². The van der Waals surface area contributed by atoms with E-state index in [2.05, 4.69) is 0 Å². The molecule has 4 heteroatoms. The first kappa shape index (κ1) is 11.9. The van der Waals surface area contributed by atoms with Gasteiger partial charge in [0.25, 0.3) is 0 Å².